The van der Waals surface area contributed by atoms with Crippen LogP contribution in [0, 0.1) is 12.8 Å². The molecule has 1 unspecified atom stereocenters. The molecular formula is C11H14N2O4. The number of carboxylic acid groups (broad SMARTS) is 1. The third kappa shape index (κ3) is 3.13. The molecule has 6 heteroatoms. The summed E-state index contributed by atoms with van der Waals surface area (Å²) in [5.41, 5.74) is 0.533. The van der Waals surface area contributed by atoms with Gasteiger partial charge in [-0.2, -0.15) is 4.98 Å². The molecule has 1 N–H and O–H groups in total. The molecule has 1 aromatic rings. The van der Waals surface area contributed by atoms with Gasteiger partial charge in [0.25, 0.3) is 0 Å². The lowest BCUT2D eigenvalue weighted by atomic mass is 10.1. The zero-order valence-corrected chi connectivity index (χ0v) is 9.55. The molecule has 0 bridgehead atoms. The molecule has 0 aromatic carbocycles. The molecule has 0 spiro atoms. The van der Waals surface area contributed by atoms with E-state index >= 15 is 0 Å². The van der Waals surface area contributed by atoms with Crippen LogP contribution in [0.15, 0.2) is 6.07 Å². The number of carbonyl (C=O) groups is 1. The summed E-state index contributed by atoms with van der Waals surface area (Å²) < 4.78 is 10.6. The Morgan fingerprint density at radius 2 is 2.47 bits per heavy atom. The Kier molecular flexibility index (Phi) is 3.53. The molecule has 1 atom stereocenters. The molecular weight excluding hydrogens is 224 g/mol. The van der Waals surface area contributed by atoms with Gasteiger partial charge in [-0.05, 0) is 19.4 Å². The Hall–Kier alpha value is -1.69. The maximum absolute atomic E-state index is 10.8. The molecule has 92 valence electrons. The molecule has 0 aliphatic carbocycles. The van der Waals surface area contributed by atoms with E-state index in [9.17, 15) is 4.79 Å². The minimum absolute atomic E-state index is 0.0461. The average molecular weight is 238 g/mol. The highest BCUT2D eigenvalue weighted by Gasteiger charge is 2.17. The fraction of sp³-hybridized carbons (Fsp3) is 0.545. The Bertz CT molecular complexity index is 416. The van der Waals surface area contributed by atoms with Crippen molar-refractivity contribution in [1.29, 1.82) is 0 Å². The number of hydrogen-bond donors (Lipinski definition) is 1. The summed E-state index contributed by atoms with van der Waals surface area (Å²) >= 11 is 0. The standard InChI is InChI=1S/C11H14N2O4/c1-7-4-9(10(14)15)13-11(12-7)17-6-8-2-3-16-5-8/h4,8H,2-3,5-6H2,1H3,(H,14,15). The van der Waals surface area contributed by atoms with Crippen LogP contribution in [0.1, 0.15) is 22.6 Å². The van der Waals surface area contributed by atoms with Crippen LogP contribution >= 0.6 is 0 Å². The fourth-order valence-electron chi connectivity index (χ4n) is 1.62. The van der Waals surface area contributed by atoms with E-state index in [4.69, 9.17) is 14.6 Å². The number of aromatic carboxylic acids is 1. The molecule has 2 rings (SSSR count). The summed E-state index contributed by atoms with van der Waals surface area (Å²) in [4.78, 5) is 18.7. The van der Waals surface area contributed by atoms with Gasteiger partial charge in [-0.1, -0.05) is 0 Å². The van der Waals surface area contributed by atoms with E-state index in [0.29, 0.717) is 24.8 Å². The Morgan fingerprint density at radius 3 is 3.12 bits per heavy atom. The van der Waals surface area contributed by atoms with E-state index in [2.05, 4.69) is 9.97 Å². The van der Waals surface area contributed by atoms with Gasteiger partial charge in [0.2, 0.25) is 0 Å². The Balaban J connectivity index is 2.01. The van der Waals surface area contributed by atoms with Crippen LogP contribution in [0.5, 0.6) is 6.01 Å². The summed E-state index contributed by atoms with van der Waals surface area (Å²) in [5, 5.41) is 8.85. The molecule has 1 aliphatic heterocycles. The first-order valence-corrected chi connectivity index (χ1v) is 5.44. The largest absolute Gasteiger partial charge is 0.477 e. The topological polar surface area (TPSA) is 81.5 Å². The maximum Gasteiger partial charge on any atom is 0.354 e. The molecule has 1 saturated heterocycles. The number of nitrogens with zero attached hydrogens (tertiary/aromatic N) is 2. The predicted molar refractivity (Wildman–Crippen MR) is 58.1 cm³/mol. The lowest BCUT2D eigenvalue weighted by Crippen LogP contribution is -2.14. The lowest BCUT2D eigenvalue weighted by molar-refractivity contribution is 0.0688. The number of ether oxygens (including phenoxy) is 2. The van der Waals surface area contributed by atoms with Crippen molar-refractivity contribution < 1.29 is 19.4 Å². The molecule has 2 heterocycles. The van der Waals surface area contributed by atoms with E-state index in [-0.39, 0.29) is 11.7 Å². The first-order chi connectivity index (χ1) is 8.15. The summed E-state index contributed by atoms with van der Waals surface area (Å²) in [6.45, 7) is 3.60. The van der Waals surface area contributed by atoms with Crippen LogP contribution < -0.4 is 4.74 Å². The number of aromatic nitrogens is 2. The first-order valence-electron chi connectivity index (χ1n) is 5.44. The molecule has 1 aliphatic rings. The zero-order chi connectivity index (χ0) is 12.3. The lowest BCUT2D eigenvalue weighted by Gasteiger charge is -2.09. The van der Waals surface area contributed by atoms with E-state index < -0.39 is 5.97 Å². The monoisotopic (exact) mass is 238 g/mol. The van der Waals surface area contributed by atoms with Gasteiger partial charge in [0, 0.05) is 18.2 Å². The summed E-state index contributed by atoms with van der Waals surface area (Å²) in [7, 11) is 0. The summed E-state index contributed by atoms with van der Waals surface area (Å²) in [5.74, 6) is -0.739. The van der Waals surface area contributed by atoms with E-state index in [1.807, 2.05) is 0 Å². The predicted octanol–water partition coefficient (Wildman–Crippen LogP) is 0.899. The number of hydrogen-bond acceptors (Lipinski definition) is 5. The van der Waals surface area contributed by atoms with Crippen molar-refractivity contribution in [3.05, 3.63) is 17.5 Å². The van der Waals surface area contributed by atoms with Gasteiger partial charge in [0.15, 0.2) is 5.69 Å². The maximum atomic E-state index is 10.8. The average Bonchev–Trinajstić information content (AvgIpc) is 2.78. The summed E-state index contributed by atoms with van der Waals surface area (Å²) in [6, 6.07) is 1.53. The molecule has 0 radical (unpaired) electrons. The second-order valence-electron chi connectivity index (χ2n) is 4.02. The van der Waals surface area contributed by atoms with Crippen molar-refractivity contribution in [2.24, 2.45) is 5.92 Å². The Morgan fingerprint density at radius 1 is 1.65 bits per heavy atom. The number of carboxylic acids is 1. The van der Waals surface area contributed by atoms with Crippen molar-refractivity contribution in [2.45, 2.75) is 13.3 Å². The quantitative estimate of drug-likeness (QED) is 0.839. The number of rotatable bonds is 4. The van der Waals surface area contributed by atoms with Crippen molar-refractivity contribution in [1.82, 2.24) is 9.97 Å². The van der Waals surface area contributed by atoms with Gasteiger partial charge in [-0.15, -0.1) is 0 Å². The Labute approximate surface area is 98.6 Å². The first kappa shape index (κ1) is 11.8. The molecule has 0 amide bonds. The van der Waals surface area contributed by atoms with Gasteiger partial charge >= 0.3 is 12.0 Å². The van der Waals surface area contributed by atoms with Gasteiger partial charge in [0.05, 0.1) is 13.2 Å². The van der Waals surface area contributed by atoms with Crippen molar-refractivity contribution in [3.63, 3.8) is 0 Å². The highest BCUT2D eigenvalue weighted by Crippen LogP contribution is 2.14. The van der Waals surface area contributed by atoms with Crippen molar-refractivity contribution in [3.8, 4) is 6.01 Å². The van der Waals surface area contributed by atoms with E-state index in [1.54, 1.807) is 6.92 Å². The molecule has 17 heavy (non-hydrogen) atoms. The molecule has 0 saturated carbocycles. The van der Waals surface area contributed by atoms with E-state index in [1.165, 1.54) is 6.07 Å². The number of aryl methyl sites for hydroxylation is 1. The fourth-order valence-corrected chi connectivity index (χ4v) is 1.62. The van der Waals surface area contributed by atoms with Crippen LogP contribution in [0.25, 0.3) is 0 Å². The van der Waals surface area contributed by atoms with Crippen molar-refractivity contribution >= 4 is 5.97 Å². The normalized spacial score (nSPS) is 19.2. The molecule has 1 aromatic heterocycles. The van der Waals surface area contributed by atoms with Gasteiger partial charge in [-0.25, -0.2) is 9.78 Å². The van der Waals surface area contributed by atoms with Gasteiger partial charge < -0.3 is 14.6 Å². The van der Waals surface area contributed by atoms with Crippen LogP contribution in [-0.4, -0.2) is 40.9 Å². The second kappa shape index (κ2) is 5.09. The SMILES string of the molecule is Cc1cc(C(=O)O)nc(OCC2CCOC2)n1. The van der Waals surface area contributed by atoms with Crippen molar-refractivity contribution in [2.75, 3.05) is 19.8 Å². The smallest absolute Gasteiger partial charge is 0.354 e. The van der Waals surface area contributed by atoms with Crippen LogP contribution in [-0.2, 0) is 4.74 Å². The highest BCUT2D eigenvalue weighted by atomic mass is 16.5. The summed E-state index contributed by atoms with van der Waals surface area (Å²) in [6.07, 6.45) is 0.956. The second-order valence-corrected chi connectivity index (χ2v) is 4.02. The van der Waals surface area contributed by atoms with Gasteiger partial charge in [0.1, 0.15) is 0 Å². The minimum Gasteiger partial charge on any atom is -0.477 e. The third-order valence-electron chi connectivity index (χ3n) is 2.52. The molecule has 1 fully saturated rings. The van der Waals surface area contributed by atoms with Crippen LogP contribution in [0.4, 0.5) is 0 Å². The zero-order valence-electron chi connectivity index (χ0n) is 9.55. The highest BCUT2D eigenvalue weighted by molar-refractivity contribution is 5.85. The van der Waals surface area contributed by atoms with Gasteiger partial charge in [-0.3, -0.25) is 0 Å². The van der Waals surface area contributed by atoms with Crippen LogP contribution in [0.3, 0.4) is 0 Å². The van der Waals surface area contributed by atoms with E-state index in [0.717, 1.165) is 13.0 Å². The molecule has 6 nitrogen and oxygen atoms in total. The third-order valence-corrected chi connectivity index (χ3v) is 2.52. The minimum atomic E-state index is -1.08. The van der Waals surface area contributed by atoms with Crippen LogP contribution in [0.2, 0.25) is 0 Å².